The van der Waals surface area contributed by atoms with E-state index in [1.165, 1.54) is 6.42 Å². The number of aromatic nitrogens is 1. The summed E-state index contributed by atoms with van der Waals surface area (Å²) in [5.74, 6) is 0.653. The minimum atomic E-state index is -1.37. The molecule has 2 aromatic rings. The molecule has 1 heterocycles. The second kappa shape index (κ2) is 8.39. The van der Waals surface area contributed by atoms with Crippen molar-refractivity contribution in [2.24, 2.45) is 23.7 Å². The molecule has 0 aliphatic heterocycles. The molecular weight excluding hydrogens is 422 g/mol. The molecule has 0 unspecified atom stereocenters. The van der Waals surface area contributed by atoms with Gasteiger partial charge in [-0.25, -0.2) is 4.79 Å². The Morgan fingerprint density at radius 2 is 1.76 bits per heavy atom. The largest absolute Gasteiger partial charge is 0.480 e. The highest BCUT2D eigenvalue weighted by Crippen LogP contribution is 2.54. The van der Waals surface area contributed by atoms with Gasteiger partial charge in [-0.3, -0.25) is 9.59 Å². The summed E-state index contributed by atoms with van der Waals surface area (Å²) in [5.41, 5.74) is 0.411. The minimum Gasteiger partial charge on any atom is -0.480 e. The molecule has 2 amide bonds. The number of benzene rings is 1. The standard InChI is InChI=1S/C25H31N3O5/c1-25(23(31)27-13-21(29)30,11-18-12-26-20-5-3-2-4-19(18)20)28-24(32)33-22-16-7-14-6-15(9-16)10-17(22)8-14/h2-5,12,14-17,22,26H,6-11,13H2,1H3,(H,27,31)(H,28,32)(H,29,30)/t14?,15?,16?,17?,22?,25-/m1/s1. The van der Waals surface area contributed by atoms with Gasteiger partial charge in [-0.15, -0.1) is 0 Å². The number of hydrogen-bond acceptors (Lipinski definition) is 4. The topological polar surface area (TPSA) is 121 Å². The minimum absolute atomic E-state index is 0.0998. The predicted molar refractivity (Wildman–Crippen MR) is 122 cm³/mol. The van der Waals surface area contributed by atoms with Crippen LogP contribution in [-0.4, -0.2) is 46.2 Å². The van der Waals surface area contributed by atoms with E-state index in [0.717, 1.165) is 54.0 Å². The molecule has 0 spiro atoms. The number of carbonyl (C=O) groups excluding carboxylic acids is 2. The number of para-hydroxylation sites is 1. The van der Waals surface area contributed by atoms with Crippen LogP contribution in [0.5, 0.6) is 0 Å². The third-order valence-electron chi connectivity index (χ3n) is 7.88. The lowest BCUT2D eigenvalue weighted by Crippen LogP contribution is -2.60. The highest BCUT2D eigenvalue weighted by molar-refractivity contribution is 5.93. The zero-order chi connectivity index (χ0) is 23.2. The quantitative estimate of drug-likeness (QED) is 0.513. The molecule has 4 saturated carbocycles. The highest BCUT2D eigenvalue weighted by Gasteiger charge is 2.50. The monoisotopic (exact) mass is 453 g/mol. The van der Waals surface area contributed by atoms with Crippen LogP contribution in [-0.2, 0) is 20.7 Å². The molecule has 0 radical (unpaired) electrons. The fourth-order valence-electron chi connectivity index (χ4n) is 6.64. The van der Waals surface area contributed by atoms with Crippen molar-refractivity contribution in [3.8, 4) is 0 Å². The molecule has 4 fully saturated rings. The molecular formula is C25H31N3O5. The molecule has 6 rings (SSSR count). The molecule has 8 nitrogen and oxygen atoms in total. The Morgan fingerprint density at radius 1 is 1.09 bits per heavy atom. The van der Waals surface area contributed by atoms with Crippen molar-refractivity contribution in [2.75, 3.05) is 6.54 Å². The van der Waals surface area contributed by atoms with Crippen molar-refractivity contribution >= 4 is 28.9 Å². The van der Waals surface area contributed by atoms with Gasteiger partial charge in [0, 0.05) is 23.5 Å². The van der Waals surface area contributed by atoms with E-state index in [4.69, 9.17) is 9.84 Å². The summed E-state index contributed by atoms with van der Waals surface area (Å²) < 4.78 is 5.95. The first-order valence-corrected chi connectivity index (χ1v) is 11.8. The molecule has 4 N–H and O–H groups in total. The first kappa shape index (κ1) is 21.8. The molecule has 4 aliphatic carbocycles. The summed E-state index contributed by atoms with van der Waals surface area (Å²) in [5, 5.41) is 15.2. The number of amides is 2. The van der Waals surface area contributed by atoms with E-state index in [0.29, 0.717) is 11.8 Å². The zero-order valence-electron chi connectivity index (χ0n) is 18.8. The van der Waals surface area contributed by atoms with Gasteiger partial charge in [0.2, 0.25) is 5.91 Å². The Morgan fingerprint density at radius 3 is 2.42 bits per heavy atom. The Kier molecular flexibility index (Phi) is 5.54. The molecule has 1 atom stereocenters. The van der Waals surface area contributed by atoms with Crippen molar-refractivity contribution in [1.29, 1.82) is 0 Å². The van der Waals surface area contributed by atoms with E-state index in [-0.39, 0.29) is 12.5 Å². The van der Waals surface area contributed by atoms with Gasteiger partial charge < -0.3 is 25.5 Å². The molecule has 8 heteroatoms. The van der Waals surface area contributed by atoms with E-state index >= 15 is 0 Å². The first-order chi connectivity index (χ1) is 15.8. The molecule has 176 valence electrons. The summed E-state index contributed by atoms with van der Waals surface area (Å²) in [6.07, 6.45) is 7.11. The highest BCUT2D eigenvalue weighted by atomic mass is 16.6. The van der Waals surface area contributed by atoms with E-state index < -0.39 is 30.1 Å². The van der Waals surface area contributed by atoms with Crippen LogP contribution in [0.2, 0.25) is 0 Å². The molecule has 33 heavy (non-hydrogen) atoms. The Labute approximate surface area is 192 Å². The number of rotatable bonds is 7. The lowest BCUT2D eigenvalue weighted by molar-refractivity contribution is -0.139. The van der Waals surface area contributed by atoms with Gasteiger partial charge in [0.05, 0.1) is 0 Å². The van der Waals surface area contributed by atoms with Crippen LogP contribution in [0.3, 0.4) is 0 Å². The van der Waals surface area contributed by atoms with E-state index in [1.54, 1.807) is 6.92 Å². The van der Waals surface area contributed by atoms with Gasteiger partial charge in [-0.2, -0.15) is 0 Å². The Balaban J connectivity index is 1.33. The summed E-state index contributed by atoms with van der Waals surface area (Å²) >= 11 is 0. The van der Waals surface area contributed by atoms with Crippen LogP contribution in [0.15, 0.2) is 30.5 Å². The fraction of sp³-hybridized carbons (Fsp3) is 0.560. The number of ether oxygens (including phenoxy) is 1. The maximum Gasteiger partial charge on any atom is 0.408 e. The molecule has 4 bridgehead atoms. The number of hydrogen-bond donors (Lipinski definition) is 4. The molecule has 0 saturated heterocycles. The van der Waals surface area contributed by atoms with Gasteiger partial charge in [0.25, 0.3) is 0 Å². The Hall–Kier alpha value is -3.03. The number of carboxylic acids is 1. The van der Waals surface area contributed by atoms with Crippen LogP contribution in [0.25, 0.3) is 10.9 Å². The number of nitrogens with one attached hydrogen (secondary N) is 3. The van der Waals surface area contributed by atoms with Crippen molar-refractivity contribution < 1.29 is 24.2 Å². The second-order valence-corrected chi connectivity index (χ2v) is 10.4. The predicted octanol–water partition coefficient (Wildman–Crippen LogP) is 3.22. The third-order valence-corrected chi connectivity index (χ3v) is 7.88. The zero-order valence-corrected chi connectivity index (χ0v) is 18.8. The van der Waals surface area contributed by atoms with Crippen LogP contribution in [0.4, 0.5) is 4.79 Å². The van der Waals surface area contributed by atoms with Crippen molar-refractivity contribution in [1.82, 2.24) is 15.6 Å². The van der Waals surface area contributed by atoms with Crippen LogP contribution < -0.4 is 10.6 Å². The Bertz CT molecular complexity index is 1050. The molecule has 4 aliphatic rings. The lowest BCUT2D eigenvalue weighted by atomic mass is 9.55. The van der Waals surface area contributed by atoms with Crippen LogP contribution in [0.1, 0.15) is 44.6 Å². The van der Waals surface area contributed by atoms with Gasteiger partial charge >= 0.3 is 12.1 Å². The summed E-state index contributed by atoms with van der Waals surface area (Å²) in [4.78, 5) is 40.3. The van der Waals surface area contributed by atoms with E-state index in [1.807, 2.05) is 30.5 Å². The normalized spacial score (nSPS) is 29.4. The van der Waals surface area contributed by atoms with Crippen molar-refractivity contribution in [3.63, 3.8) is 0 Å². The second-order valence-electron chi connectivity index (χ2n) is 10.4. The number of carboxylic acid groups (broad SMARTS) is 1. The van der Waals surface area contributed by atoms with Crippen LogP contribution in [0, 0.1) is 23.7 Å². The third kappa shape index (κ3) is 4.30. The SMILES string of the molecule is C[C@](Cc1c[nH]c2ccccc12)(NC(=O)OC1C2CC3CC(C2)CC1C3)C(=O)NCC(=O)O. The summed E-state index contributed by atoms with van der Waals surface area (Å²) in [6, 6.07) is 7.72. The van der Waals surface area contributed by atoms with Gasteiger partial charge in [-0.1, -0.05) is 18.2 Å². The summed E-state index contributed by atoms with van der Waals surface area (Å²) in [6.45, 7) is 1.10. The fourth-order valence-corrected chi connectivity index (χ4v) is 6.64. The van der Waals surface area contributed by atoms with Gasteiger partial charge in [0.15, 0.2) is 0 Å². The molecule has 1 aromatic carbocycles. The average Bonchev–Trinajstić information content (AvgIpc) is 3.16. The van der Waals surface area contributed by atoms with Crippen molar-refractivity contribution in [2.45, 2.75) is 57.1 Å². The average molecular weight is 454 g/mol. The van der Waals surface area contributed by atoms with Crippen LogP contribution >= 0.6 is 0 Å². The summed E-state index contributed by atoms with van der Waals surface area (Å²) in [7, 11) is 0. The number of fused-ring (bicyclic) bond motifs is 1. The number of H-pyrrole nitrogens is 1. The van der Waals surface area contributed by atoms with E-state index in [2.05, 4.69) is 15.6 Å². The number of aromatic amines is 1. The number of alkyl carbamates (subject to hydrolysis) is 1. The van der Waals surface area contributed by atoms with Gasteiger partial charge in [-0.05, 0) is 74.3 Å². The molecule has 1 aromatic heterocycles. The smallest absolute Gasteiger partial charge is 0.408 e. The number of carbonyl (C=O) groups is 3. The van der Waals surface area contributed by atoms with Crippen molar-refractivity contribution in [3.05, 3.63) is 36.0 Å². The van der Waals surface area contributed by atoms with Gasteiger partial charge in [0.1, 0.15) is 18.2 Å². The maximum atomic E-state index is 13.0. The lowest BCUT2D eigenvalue weighted by Gasteiger charge is -2.53. The van der Waals surface area contributed by atoms with E-state index in [9.17, 15) is 14.4 Å². The maximum absolute atomic E-state index is 13.0. The first-order valence-electron chi connectivity index (χ1n) is 11.8. The number of aliphatic carboxylic acids is 1.